The molecule has 0 aliphatic rings. The summed E-state index contributed by atoms with van der Waals surface area (Å²) < 4.78 is 0. The normalized spacial score (nSPS) is 12.6. The van der Waals surface area contributed by atoms with Gasteiger partial charge in [-0.1, -0.05) is 119 Å². The quantitative estimate of drug-likeness (QED) is 0.367. The molecule has 2 aromatic rings. The van der Waals surface area contributed by atoms with Crippen LogP contribution in [0.5, 0.6) is 11.5 Å². The van der Waals surface area contributed by atoms with Crippen molar-refractivity contribution in [2.24, 2.45) is 10.8 Å². The van der Waals surface area contributed by atoms with Gasteiger partial charge in [0.25, 0.3) is 0 Å². The van der Waals surface area contributed by atoms with E-state index in [1.54, 1.807) is 26.0 Å². The Bertz CT molecular complexity index is 889. The summed E-state index contributed by atoms with van der Waals surface area (Å²) in [5, 5.41) is 32.7. The Kier molecular flexibility index (Phi) is 12.7. The molecule has 0 saturated heterocycles. The number of benzene rings is 2. The third-order valence-electron chi connectivity index (χ3n) is 5.63. The van der Waals surface area contributed by atoms with Crippen molar-refractivity contribution in [1.29, 1.82) is 0 Å². The molecule has 2 rings (SSSR count). The number of rotatable bonds is 6. The summed E-state index contributed by atoms with van der Waals surface area (Å²) in [5.41, 5.74) is 2.66. The van der Waals surface area contributed by atoms with Crippen molar-refractivity contribution in [3.8, 4) is 11.5 Å². The zero-order valence-corrected chi connectivity index (χ0v) is 26.2. The molecule has 0 spiro atoms. The molecule has 0 unspecified atom stereocenters. The Morgan fingerprint density at radius 3 is 1.47 bits per heavy atom. The van der Waals surface area contributed by atoms with Gasteiger partial charge in [0.15, 0.2) is 0 Å². The summed E-state index contributed by atoms with van der Waals surface area (Å²) in [6.45, 7) is 25.7. The molecule has 2 aromatic carbocycles. The van der Waals surface area contributed by atoms with Gasteiger partial charge < -0.3 is 15.3 Å². The number of phenols is 1. The second kappa shape index (κ2) is 13.1. The van der Waals surface area contributed by atoms with Crippen molar-refractivity contribution in [2.75, 3.05) is 0 Å². The van der Waals surface area contributed by atoms with Crippen LogP contribution in [0.1, 0.15) is 107 Å². The molecular weight excluding hydrogens is 511 g/mol. The molecule has 3 nitrogen and oxygen atoms in total. The zero-order chi connectivity index (χ0) is 27.4. The van der Waals surface area contributed by atoms with Gasteiger partial charge in [-0.2, -0.15) is 0 Å². The summed E-state index contributed by atoms with van der Waals surface area (Å²) in [5.74, 6) is 0.220. The summed E-state index contributed by atoms with van der Waals surface area (Å²) in [6.07, 6.45) is 1.63. The van der Waals surface area contributed by atoms with E-state index in [4.69, 9.17) is 0 Å². The van der Waals surface area contributed by atoms with Crippen molar-refractivity contribution >= 4 is 11.8 Å². The van der Waals surface area contributed by atoms with Crippen LogP contribution in [0, 0.1) is 10.8 Å². The summed E-state index contributed by atoms with van der Waals surface area (Å²) in [7, 11) is 0. The topological polar surface area (TPSA) is 66.3 Å². The van der Waals surface area contributed by atoms with E-state index < -0.39 is 6.10 Å². The SMILES string of the molecule is CC(C)(C)CC(C)(C)c1ccc([O-])c(Sc2cc(C(C)(C)CC(C)(C)C)ccc2O)c1.CC(C)[O-].[Ni+2]. The molecule has 0 atom stereocenters. The molecule has 0 aromatic heterocycles. The summed E-state index contributed by atoms with van der Waals surface area (Å²) >= 11 is 1.37. The fourth-order valence-corrected chi connectivity index (χ4v) is 5.95. The van der Waals surface area contributed by atoms with Gasteiger partial charge in [0, 0.05) is 4.90 Å². The molecule has 0 radical (unpaired) electrons. The van der Waals surface area contributed by atoms with E-state index in [1.165, 1.54) is 17.3 Å². The van der Waals surface area contributed by atoms with Gasteiger partial charge in [-0.3, -0.25) is 0 Å². The van der Waals surface area contributed by atoms with E-state index in [1.807, 2.05) is 18.2 Å². The molecular formula is C31H48NiO3S. The molecule has 36 heavy (non-hydrogen) atoms. The fraction of sp³-hybridized carbons (Fsp3) is 0.613. The van der Waals surface area contributed by atoms with Crippen molar-refractivity contribution in [1.82, 2.24) is 0 Å². The Labute approximate surface area is 235 Å². The van der Waals surface area contributed by atoms with Crippen LogP contribution >= 0.6 is 11.8 Å². The second-order valence-electron chi connectivity index (χ2n) is 13.7. The minimum absolute atomic E-state index is 0. The number of phenolic OH excluding ortho intramolecular Hbond substituents is 1. The van der Waals surface area contributed by atoms with Crippen LogP contribution in [0.2, 0.25) is 0 Å². The fourth-order valence-electron chi connectivity index (χ4n) is 5.00. The molecule has 0 saturated carbocycles. The molecule has 0 aliphatic heterocycles. The Morgan fingerprint density at radius 1 is 0.722 bits per heavy atom. The van der Waals surface area contributed by atoms with Crippen LogP contribution < -0.4 is 10.2 Å². The van der Waals surface area contributed by atoms with Gasteiger partial charge in [0.1, 0.15) is 5.75 Å². The van der Waals surface area contributed by atoms with E-state index in [0.29, 0.717) is 4.90 Å². The average Bonchev–Trinajstić information content (AvgIpc) is 2.60. The standard InChI is InChI=1S/C28H42O2S.C3H7O.Ni/c1-25(2,3)17-27(7,8)19-11-13-21(29)23(15-19)31-24-16-20(12-14-22(24)30)28(9,10)18-26(4,5)6;1-3(2)4;/h11-16,29-30H,17-18H2,1-10H3;3H,1-2H3;/q;-1;+2/p-1. The maximum Gasteiger partial charge on any atom is 2.00 e. The number of hydrogen-bond acceptors (Lipinski definition) is 4. The summed E-state index contributed by atoms with van der Waals surface area (Å²) in [6, 6.07) is 11.5. The largest absolute Gasteiger partial charge is 2.00 e. The van der Waals surface area contributed by atoms with E-state index >= 15 is 0 Å². The first-order valence-electron chi connectivity index (χ1n) is 12.6. The van der Waals surface area contributed by atoms with Gasteiger partial charge in [-0.05, 0) is 63.8 Å². The molecule has 0 bridgehead atoms. The zero-order valence-electron chi connectivity index (χ0n) is 24.4. The first kappa shape index (κ1) is 34.8. The van der Waals surface area contributed by atoms with Crippen LogP contribution in [-0.4, -0.2) is 11.2 Å². The molecule has 0 fully saturated rings. The third-order valence-corrected chi connectivity index (χ3v) is 6.72. The van der Waals surface area contributed by atoms with Crippen molar-refractivity contribution in [2.45, 2.75) is 123 Å². The molecule has 1 N–H and O–H groups in total. The first-order valence-corrected chi connectivity index (χ1v) is 13.4. The first-order chi connectivity index (χ1) is 15.6. The Hall–Kier alpha value is -1.16. The van der Waals surface area contributed by atoms with Crippen LogP contribution in [0.3, 0.4) is 0 Å². The van der Waals surface area contributed by atoms with Gasteiger partial charge in [-0.25, -0.2) is 0 Å². The predicted molar refractivity (Wildman–Crippen MR) is 147 cm³/mol. The van der Waals surface area contributed by atoms with E-state index in [-0.39, 0.29) is 49.7 Å². The predicted octanol–water partition coefficient (Wildman–Crippen LogP) is 7.80. The minimum Gasteiger partial charge on any atom is -0.872 e. The van der Waals surface area contributed by atoms with E-state index in [9.17, 15) is 15.3 Å². The smallest absolute Gasteiger partial charge is 0.872 e. The van der Waals surface area contributed by atoms with Gasteiger partial charge in [0.05, 0.1) is 4.90 Å². The van der Waals surface area contributed by atoms with Crippen molar-refractivity contribution in [3.05, 3.63) is 47.5 Å². The minimum atomic E-state index is -0.417. The molecule has 0 aliphatic carbocycles. The Morgan fingerprint density at radius 2 is 1.08 bits per heavy atom. The van der Waals surface area contributed by atoms with E-state index in [0.717, 1.165) is 23.3 Å². The monoisotopic (exact) mass is 558 g/mol. The second-order valence-corrected chi connectivity index (χ2v) is 14.8. The van der Waals surface area contributed by atoms with Crippen LogP contribution in [0.15, 0.2) is 46.2 Å². The van der Waals surface area contributed by atoms with Crippen LogP contribution in [-0.2, 0) is 27.3 Å². The van der Waals surface area contributed by atoms with Crippen molar-refractivity contribution in [3.63, 3.8) is 0 Å². The summed E-state index contributed by atoms with van der Waals surface area (Å²) in [4.78, 5) is 1.41. The maximum atomic E-state index is 12.7. The molecule has 0 heterocycles. The number of hydrogen-bond donors (Lipinski definition) is 1. The van der Waals surface area contributed by atoms with Gasteiger partial charge in [-0.15, -0.1) is 6.10 Å². The number of aromatic hydroxyl groups is 1. The third kappa shape index (κ3) is 11.9. The van der Waals surface area contributed by atoms with Crippen molar-refractivity contribution < 1.29 is 31.8 Å². The van der Waals surface area contributed by atoms with Gasteiger partial charge >= 0.3 is 16.5 Å². The van der Waals surface area contributed by atoms with Gasteiger partial charge in [0.2, 0.25) is 0 Å². The maximum absolute atomic E-state index is 12.7. The molecule has 5 heteroatoms. The molecule has 206 valence electrons. The van der Waals surface area contributed by atoms with E-state index in [2.05, 4.69) is 75.3 Å². The van der Waals surface area contributed by atoms with Crippen LogP contribution in [0.4, 0.5) is 0 Å². The average molecular weight is 559 g/mol. The molecule has 0 amide bonds. The Balaban J connectivity index is 0.00000227. The van der Waals surface area contributed by atoms with Crippen LogP contribution in [0.25, 0.3) is 0 Å².